The monoisotopic (exact) mass is 408 g/mol. The third-order valence-electron chi connectivity index (χ3n) is 5.49. The Morgan fingerprint density at radius 3 is 2.23 bits per heavy atom. The van der Waals surface area contributed by atoms with Crippen LogP contribution in [-0.4, -0.2) is 48.7 Å². The van der Waals surface area contributed by atoms with E-state index >= 15 is 0 Å². The second-order valence-corrected chi connectivity index (χ2v) is 7.69. The lowest BCUT2D eigenvalue weighted by molar-refractivity contribution is -0.132. The van der Waals surface area contributed by atoms with Crippen LogP contribution in [0.5, 0.6) is 5.75 Å². The normalized spacial score (nSPS) is 15.3. The van der Waals surface area contributed by atoms with E-state index < -0.39 is 0 Å². The molecule has 0 saturated carbocycles. The minimum atomic E-state index is -0.260. The second-order valence-electron chi connectivity index (χ2n) is 7.69. The van der Waals surface area contributed by atoms with Crippen molar-refractivity contribution in [2.24, 2.45) is 5.92 Å². The molecule has 1 unspecified atom stereocenters. The fourth-order valence-electron chi connectivity index (χ4n) is 3.72. The summed E-state index contributed by atoms with van der Waals surface area (Å²) in [5.41, 5.74) is 1.26. The molecule has 2 amide bonds. The van der Waals surface area contributed by atoms with Crippen LogP contribution in [0.3, 0.4) is 0 Å². The first kappa shape index (κ1) is 21.6. The van der Waals surface area contributed by atoms with Crippen molar-refractivity contribution in [3.05, 3.63) is 65.7 Å². The van der Waals surface area contributed by atoms with E-state index in [2.05, 4.69) is 5.32 Å². The van der Waals surface area contributed by atoms with Gasteiger partial charge in [0.1, 0.15) is 5.75 Å². The molecule has 2 aromatic rings. The summed E-state index contributed by atoms with van der Waals surface area (Å²) in [6, 6.07) is 15.9. The van der Waals surface area contributed by atoms with Crippen molar-refractivity contribution < 1.29 is 19.1 Å². The largest absolute Gasteiger partial charge is 0.497 e. The topological polar surface area (TPSA) is 75.7 Å². The second kappa shape index (κ2) is 10.1. The lowest BCUT2D eigenvalue weighted by Gasteiger charge is -2.32. The summed E-state index contributed by atoms with van der Waals surface area (Å²) in [4.78, 5) is 39.4. The fourth-order valence-corrected chi connectivity index (χ4v) is 3.72. The number of carbonyl (C=O) groups excluding carboxylic acids is 3. The molecular weight excluding hydrogens is 380 g/mol. The van der Waals surface area contributed by atoms with Gasteiger partial charge in [-0.3, -0.25) is 14.4 Å². The summed E-state index contributed by atoms with van der Waals surface area (Å²) < 4.78 is 5.13. The van der Waals surface area contributed by atoms with Crippen LogP contribution in [0.25, 0.3) is 0 Å². The molecule has 0 bridgehead atoms. The summed E-state index contributed by atoms with van der Waals surface area (Å²) >= 11 is 0. The van der Waals surface area contributed by atoms with E-state index in [1.807, 2.05) is 25.1 Å². The van der Waals surface area contributed by atoms with Crippen molar-refractivity contribution in [1.29, 1.82) is 0 Å². The van der Waals surface area contributed by atoms with Gasteiger partial charge in [-0.2, -0.15) is 0 Å². The number of methoxy groups -OCH3 is 1. The van der Waals surface area contributed by atoms with Gasteiger partial charge >= 0.3 is 0 Å². The predicted molar refractivity (Wildman–Crippen MR) is 115 cm³/mol. The Morgan fingerprint density at radius 1 is 1.00 bits per heavy atom. The minimum Gasteiger partial charge on any atom is -0.497 e. The number of ether oxygens (including phenoxy) is 1. The number of benzene rings is 2. The van der Waals surface area contributed by atoms with Crippen molar-refractivity contribution in [1.82, 2.24) is 10.2 Å². The highest BCUT2D eigenvalue weighted by atomic mass is 16.5. The lowest BCUT2D eigenvalue weighted by atomic mass is 9.88. The molecule has 30 heavy (non-hydrogen) atoms. The molecule has 0 spiro atoms. The number of nitrogens with zero attached hydrogens (tertiary/aromatic N) is 1. The van der Waals surface area contributed by atoms with E-state index in [4.69, 9.17) is 4.74 Å². The van der Waals surface area contributed by atoms with Gasteiger partial charge in [0.15, 0.2) is 5.78 Å². The van der Waals surface area contributed by atoms with E-state index in [9.17, 15) is 14.4 Å². The van der Waals surface area contributed by atoms with Crippen LogP contribution in [0.4, 0.5) is 0 Å². The number of hydrogen-bond donors (Lipinski definition) is 1. The summed E-state index contributed by atoms with van der Waals surface area (Å²) in [5.74, 6) is 0.595. The Bertz CT molecular complexity index is 872. The first-order chi connectivity index (χ1) is 14.5. The molecule has 0 radical (unpaired) electrons. The van der Waals surface area contributed by atoms with E-state index in [1.54, 1.807) is 48.4 Å². The zero-order valence-electron chi connectivity index (χ0n) is 17.5. The number of rotatable bonds is 7. The van der Waals surface area contributed by atoms with Crippen LogP contribution in [0.2, 0.25) is 0 Å². The number of carbonyl (C=O) groups is 3. The average Bonchev–Trinajstić information content (AvgIpc) is 2.79. The van der Waals surface area contributed by atoms with E-state index in [0.29, 0.717) is 37.1 Å². The maximum atomic E-state index is 12.7. The van der Waals surface area contributed by atoms with Gasteiger partial charge in [0.25, 0.3) is 5.91 Å². The summed E-state index contributed by atoms with van der Waals surface area (Å²) in [7, 11) is 1.59. The Hall–Kier alpha value is -3.15. The molecule has 1 aliphatic rings. The van der Waals surface area contributed by atoms with Crippen LogP contribution in [0.1, 0.15) is 46.9 Å². The van der Waals surface area contributed by atoms with Gasteiger partial charge in [-0.15, -0.1) is 0 Å². The fraction of sp³-hybridized carbons (Fsp3) is 0.375. The molecule has 2 aromatic carbocycles. The molecule has 0 aliphatic carbocycles. The van der Waals surface area contributed by atoms with E-state index in [1.165, 1.54) is 0 Å². The van der Waals surface area contributed by atoms with Crippen LogP contribution in [-0.2, 0) is 4.79 Å². The van der Waals surface area contributed by atoms with Gasteiger partial charge in [0, 0.05) is 42.6 Å². The Balaban J connectivity index is 1.46. The van der Waals surface area contributed by atoms with Crippen LogP contribution in [0, 0.1) is 5.92 Å². The maximum absolute atomic E-state index is 12.7. The van der Waals surface area contributed by atoms with Gasteiger partial charge in [-0.1, -0.05) is 18.2 Å². The quantitative estimate of drug-likeness (QED) is 0.713. The van der Waals surface area contributed by atoms with Crippen LogP contribution in [0.15, 0.2) is 54.6 Å². The minimum absolute atomic E-state index is 0.00575. The smallest absolute Gasteiger partial charge is 0.251 e. The highest BCUT2D eigenvalue weighted by Gasteiger charge is 2.28. The Morgan fingerprint density at radius 2 is 1.63 bits per heavy atom. The Labute approximate surface area is 177 Å². The molecule has 6 nitrogen and oxygen atoms in total. The zero-order valence-corrected chi connectivity index (χ0v) is 17.5. The number of piperidine rings is 1. The number of nitrogens with one attached hydrogen (secondary N) is 1. The molecule has 1 aliphatic heterocycles. The summed E-state index contributed by atoms with van der Waals surface area (Å²) in [6.07, 6.45) is 1.55. The molecule has 158 valence electrons. The van der Waals surface area contributed by atoms with Gasteiger partial charge in [-0.05, 0) is 56.2 Å². The lowest BCUT2D eigenvalue weighted by Crippen LogP contribution is -2.43. The van der Waals surface area contributed by atoms with Crippen LogP contribution < -0.4 is 10.1 Å². The number of likely N-dealkylation sites (tertiary alicyclic amines) is 1. The third-order valence-corrected chi connectivity index (χ3v) is 5.49. The van der Waals surface area contributed by atoms with Crippen molar-refractivity contribution in [2.45, 2.75) is 32.2 Å². The summed E-state index contributed by atoms with van der Waals surface area (Å²) in [6.45, 7) is 2.95. The Kier molecular flexibility index (Phi) is 7.22. The molecular formula is C24H28N2O4. The summed E-state index contributed by atoms with van der Waals surface area (Å²) in [5, 5.41) is 2.87. The van der Waals surface area contributed by atoms with Gasteiger partial charge < -0.3 is 15.0 Å². The van der Waals surface area contributed by atoms with Gasteiger partial charge in [0.05, 0.1) is 7.11 Å². The first-order valence-corrected chi connectivity index (χ1v) is 10.3. The number of hydrogen-bond acceptors (Lipinski definition) is 4. The number of amides is 2. The molecule has 6 heteroatoms. The molecule has 1 N–H and O–H groups in total. The molecule has 1 atom stereocenters. The third kappa shape index (κ3) is 5.47. The zero-order chi connectivity index (χ0) is 21.5. The highest BCUT2D eigenvalue weighted by Crippen LogP contribution is 2.23. The maximum Gasteiger partial charge on any atom is 0.251 e. The number of Topliss-reactive ketones (excluding diaryl/α,β-unsaturated/α-hetero) is 1. The molecule has 0 aromatic heterocycles. The number of ketones is 1. The first-order valence-electron chi connectivity index (χ1n) is 10.3. The van der Waals surface area contributed by atoms with Crippen molar-refractivity contribution >= 4 is 17.6 Å². The van der Waals surface area contributed by atoms with E-state index in [-0.39, 0.29) is 36.0 Å². The highest BCUT2D eigenvalue weighted by molar-refractivity contribution is 5.98. The van der Waals surface area contributed by atoms with Gasteiger partial charge in [0.2, 0.25) is 5.91 Å². The molecule has 1 saturated heterocycles. The molecule has 1 fully saturated rings. The van der Waals surface area contributed by atoms with Crippen molar-refractivity contribution in [2.75, 3.05) is 20.2 Å². The standard InChI is InChI=1S/C24H28N2O4/c1-17(25-24(29)20-6-4-3-5-7-20)16-22(27)26-14-12-19(13-15-26)23(28)18-8-10-21(30-2)11-9-18/h3-11,17,19H,12-16H2,1-2H3,(H,25,29). The van der Waals surface area contributed by atoms with Crippen molar-refractivity contribution in [3.63, 3.8) is 0 Å². The van der Waals surface area contributed by atoms with Crippen molar-refractivity contribution in [3.8, 4) is 5.75 Å². The molecule has 3 rings (SSSR count). The van der Waals surface area contributed by atoms with Gasteiger partial charge in [-0.25, -0.2) is 0 Å². The predicted octanol–water partition coefficient (Wildman–Crippen LogP) is 3.33. The molecule has 1 heterocycles. The SMILES string of the molecule is COc1ccc(C(=O)C2CCN(C(=O)CC(C)NC(=O)c3ccccc3)CC2)cc1. The van der Waals surface area contributed by atoms with Crippen LogP contribution >= 0.6 is 0 Å². The van der Waals surface area contributed by atoms with E-state index in [0.717, 1.165) is 5.75 Å². The average molecular weight is 408 g/mol.